The van der Waals surface area contributed by atoms with Crippen molar-refractivity contribution in [2.75, 3.05) is 0 Å². The molecule has 1 aliphatic carbocycles. The average molecular weight is 353 g/mol. The van der Waals surface area contributed by atoms with E-state index in [-0.39, 0.29) is 23.0 Å². The van der Waals surface area contributed by atoms with Crippen molar-refractivity contribution in [3.05, 3.63) is 29.8 Å². The Kier molecular flexibility index (Phi) is 6.62. The van der Waals surface area contributed by atoms with Gasteiger partial charge in [0.1, 0.15) is 0 Å². The van der Waals surface area contributed by atoms with Gasteiger partial charge in [0.2, 0.25) is 10.0 Å². The van der Waals surface area contributed by atoms with Gasteiger partial charge in [-0.05, 0) is 37.5 Å². The van der Waals surface area contributed by atoms with Crippen LogP contribution in [0.3, 0.4) is 0 Å². The third-order valence-electron chi connectivity index (χ3n) is 4.47. The first-order valence-corrected chi connectivity index (χ1v) is 10.1. The lowest BCUT2D eigenvalue weighted by molar-refractivity contribution is 0.231. The lowest BCUT2D eigenvalue weighted by Crippen LogP contribution is -2.43. The number of urea groups is 1. The maximum Gasteiger partial charge on any atom is 0.315 e. The maximum atomic E-state index is 12.2. The molecule has 0 heterocycles. The first-order valence-electron chi connectivity index (χ1n) is 8.56. The molecule has 2 amide bonds. The van der Waals surface area contributed by atoms with Crippen molar-refractivity contribution in [1.82, 2.24) is 10.6 Å². The second-order valence-corrected chi connectivity index (χ2v) is 8.06. The molecule has 6 nitrogen and oxygen atoms in total. The molecular formula is C17H27N3O3S. The molecule has 1 atom stereocenters. The Hall–Kier alpha value is -1.60. The summed E-state index contributed by atoms with van der Waals surface area (Å²) in [7, 11) is -3.75. The van der Waals surface area contributed by atoms with Gasteiger partial charge in [0.05, 0.1) is 10.9 Å². The molecule has 7 heteroatoms. The number of sulfonamides is 1. The van der Waals surface area contributed by atoms with Crippen LogP contribution in [-0.4, -0.2) is 20.5 Å². The summed E-state index contributed by atoms with van der Waals surface area (Å²) in [6.07, 6.45) is 8.09. The summed E-state index contributed by atoms with van der Waals surface area (Å²) in [6.45, 7) is 1.82. The fourth-order valence-electron chi connectivity index (χ4n) is 3.07. The molecule has 0 unspecified atom stereocenters. The van der Waals surface area contributed by atoms with E-state index in [0.717, 1.165) is 25.7 Å². The Bertz CT molecular complexity index is 653. The number of benzene rings is 1. The Morgan fingerprint density at radius 2 is 1.79 bits per heavy atom. The van der Waals surface area contributed by atoms with Crippen LogP contribution in [-0.2, 0) is 10.0 Å². The molecule has 0 aromatic heterocycles. The maximum absolute atomic E-state index is 12.2. The molecule has 24 heavy (non-hydrogen) atoms. The van der Waals surface area contributed by atoms with Gasteiger partial charge >= 0.3 is 6.03 Å². The number of hydrogen-bond donors (Lipinski definition) is 3. The first-order chi connectivity index (χ1) is 11.4. The SMILES string of the molecule is C[C@@H](NC(=O)NC1CCCCCCC1)c1cccc(S(N)(=O)=O)c1. The Morgan fingerprint density at radius 1 is 1.17 bits per heavy atom. The summed E-state index contributed by atoms with van der Waals surface area (Å²) in [4.78, 5) is 12.3. The molecule has 0 aliphatic heterocycles. The van der Waals surface area contributed by atoms with E-state index >= 15 is 0 Å². The third kappa shape index (κ3) is 5.79. The van der Waals surface area contributed by atoms with Crippen molar-refractivity contribution < 1.29 is 13.2 Å². The van der Waals surface area contributed by atoms with Gasteiger partial charge in [0.15, 0.2) is 0 Å². The smallest absolute Gasteiger partial charge is 0.315 e. The number of carbonyl (C=O) groups excluding carboxylic acids is 1. The van der Waals surface area contributed by atoms with Crippen molar-refractivity contribution in [3.63, 3.8) is 0 Å². The van der Waals surface area contributed by atoms with E-state index in [0.29, 0.717) is 5.56 Å². The highest BCUT2D eigenvalue weighted by molar-refractivity contribution is 7.89. The topological polar surface area (TPSA) is 101 Å². The number of nitrogens with one attached hydrogen (secondary N) is 2. The summed E-state index contributed by atoms with van der Waals surface area (Å²) in [5.74, 6) is 0. The summed E-state index contributed by atoms with van der Waals surface area (Å²) >= 11 is 0. The third-order valence-corrected chi connectivity index (χ3v) is 5.39. The van der Waals surface area contributed by atoms with Crippen LogP contribution in [0.2, 0.25) is 0 Å². The predicted octanol–water partition coefficient (Wildman–Crippen LogP) is 2.81. The van der Waals surface area contributed by atoms with E-state index in [2.05, 4.69) is 10.6 Å². The highest BCUT2D eigenvalue weighted by atomic mass is 32.2. The van der Waals surface area contributed by atoms with Crippen LogP contribution < -0.4 is 15.8 Å². The molecule has 1 aliphatic rings. The van der Waals surface area contributed by atoms with Crippen LogP contribution in [0.15, 0.2) is 29.2 Å². The quantitative estimate of drug-likeness (QED) is 0.775. The van der Waals surface area contributed by atoms with Crippen LogP contribution in [0.5, 0.6) is 0 Å². The fourth-order valence-corrected chi connectivity index (χ4v) is 3.64. The fraction of sp³-hybridized carbons (Fsp3) is 0.588. The van der Waals surface area contributed by atoms with E-state index in [1.54, 1.807) is 12.1 Å². The molecule has 2 rings (SSSR count). The zero-order valence-electron chi connectivity index (χ0n) is 14.1. The minimum atomic E-state index is -3.75. The number of carbonyl (C=O) groups is 1. The number of primary sulfonamides is 1. The molecule has 1 saturated carbocycles. The zero-order valence-corrected chi connectivity index (χ0v) is 14.9. The van der Waals surface area contributed by atoms with Gasteiger partial charge < -0.3 is 10.6 Å². The second kappa shape index (κ2) is 8.48. The first kappa shape index (κ1) is 18.7. The van der Waals surface area contributed by atoms with E-state index in [1.165, 1.54) is 31.4 Å². The number of rotatable bonds is 4. The molecule has 4 N–H and O–H groups in total. The minimum absolute atomic E-state index is 0.0501. The predicted molar refractivity (Wildman–Crippen MR) is 94.0 cm³/mol. The van der Waals surface area contributed by atoms with Gasteiger partial charge in [-0.15, -0.1) is 0 Å². The van der Waals surface area contributed by atoms with Crippen LogP contribution in [0.4, 0.5) is 4.79 Å². The van der Waals surface area contributed by atoms with Crippen molar-refractivity contribution >= 4 is 16.1 Å². The normalized spacial score (nSPS) is 18.2. The Labute approximate surface area is 144 Å². The van der Waals surface area contributed by atoms with Gasteiger partial charge in [0, 0.05) is 6.04 Å². The molecule has 0 radical (unpaired) electrons. The van der Waals surface area contributed by atoms with Gasteiger partial charge in [-0.1, -0.05) is 44.2 Å². The molecule has 1 aromatic rings. The summed E-state index contributed by atoms with van der Waals surface area (Å²) < 4.78 is 22.9. The Balaban J connectivity index is 1.93. The number of nitrogens with two attached hydrogens (primary N) is 1. The molecule has 1 aromatic carbocycles. The lowest BCUT2D eigenvalue weighted by atomic mass is 9.97. The second-order valence-electron chi connectivity index (χ2n) is 6.50. The summed E-state index contributed by atoms with van der Waals surface area (Å²) in [5.41, 5.74) is 0.703. The van der Waals surface area contributed by atoms with Crippen molar-refractivity contribution in [2.24, 2.45) is 5.14 Å². The van der Waals surface area contributed by atoms with E-state index in [9.17, 15) is 13.2 Å². The van der Waals surface area contributed by atoms with Gasteiger partial charge in [-0.3, -0.25) is 0 Å². The van der Waals surface area contributed by atoms with Crippen LogP contribution in [0, 0.1) is 0 Å². The molecule has 1 fully saturated rings. The highest BCUT2D eigenvalue weighted by Gasteiger charge is 2.17. The Morgan fingerprint density at radius 3 is 2.42 bits per heavy atom. The van der Waals surface area contributed by atoms with Crippen LogP contribution in [0.1, 0.15) is 63.5 Å². The van der Waals surface area contributed by atoms with Gasteiger partial charge in [0.25, 0.3) is 0 Å². The van der Waals surface area contributed by atoms with E-state index < -0.39 is 10.0 Å². The van der Waals surface area contributed by atoms with Crippen LogP contribution in [0.25, 0.3) is 0 Å². The summed E-state index contributed by atoms with van der Waals surface area (Å²) in [5, 5.41) is 11.1. The number of hydrogen-bond acceptors (Lipinski definition) is 3. The molecule has 0 spiro atoms. The molecule has 0 saturated heterocycles. The number of amides is 2. The molecule has 0 bridgehead atoms. The standard InChI is InChI=1S/C17H27N3O3S/c1-13(14-8-7-11-16(12-14)24(18,22)23)19-17(21)20-15-9-5-3-2-4-6-10-15/h7-8,11-13,15H,2-6,9-10H2,1H3,(H2,18,22,23)(H2,19,20,21)/t13-/m1/s1. The highest BCUT2D eigenvalue weighted by Crippen LogP contribution is 2.18. The van der Waals surface area contributed by atoms with Gasteiger partial charge in [-0.25, -0.2) is 18.4 Å². The van der Waals surface area contributed by atoms with Crippen molar-refractivity contribution in [1.29, 1.82) is 0 Å². The zero-order chi connectivity index (χ0) is 17.6. The summed E-state index contributed by atoms with van der Waals surface area (Å²) in [6, 6.07) is 6.04. The average Bonchev–Trinajstić information content (AvgIpc) is 2.49. The van der Waals surface area contributed by atoms with Crippen molar-refractivity contribution in [3.8, 4) is 0 Å². The monoisotopic (exact) mass is 353 g/mol. The van der Waals surface area contributed by atoms with Gasteiger partial charge in [-0.2, -0.15) is 0 Å². The lowest BCUT2D eigenvalue weighted by Gasteiger charge is -2.23. The minimum Gasteiger partial charge on any atom is -0.335 e. The molecule has 134 valence electrons. The molecular weight excluding hydrogens is 326 g/mol. The van der Waals surface area contributed by atoms with Crippen molar-refractivity contribution in [2.45, 2.75) is 68.8 Å². The largest absolute Gasteiger partial charge is 0.335 e. The van der Waals surface area contributed by atoms with Crippen LogP contribution >= 0.6 is 0 Å². The van der Waals surface area contributed by atoms with E-state index in [1.807, 2.05) is 6.92 Å². The van der Waals surface area contributed by atoms with E-state index in [4.69, 9.17) is 5.14 Å².